The minimum atomic E-state index is -1.32. The molecule has 190 valence electrons. The Hall–Kier alpha value is -3.37. The molecule has 0 saturated heterocycles. The Balaban J connectivity index is 1.58. The second-order valence-electron chi connectivity index (χ2n) is 9.42. The van der Waals surface area contributed by atoms with Gasteiger partial charge >= 0.3 is 12.0 Å². The molecule has 2 heterocycles. The van der Waals surface area contributed by atoms with Crippen LogP contribution >= 0.6 is 0 Å². The van der Waals surface area contributed by atoms with E-state index in [1.165, 1.54) is 20.3 Å². The van der Waals surface area contributed by atoms with Crippen LogP contribution in [0.1, 0.15) is 38.5 Å². The molecule has 1 aromatic rings. The summed E-state index contributed by atoms with van der Waals surface area (Å²) in [6, 6.07) is 1.58. The molecule has 1 aromatic heterocycles. The number of carbonyl (C=O) groups excluding carboxylic acids is 2. The molecule has 2 fully saturated rings. The number of carbonyl (C=O) groups is 3. The summed E-state index contributed by atoms with van der Waals surface area (Å²) in [5.74, 6) is -2.76. The number of rotatable bonds is 5. The van der Waals surface area contributed by atoms with Crippen molar-refractivity contribution >= 4 is 17.8 Å². The van der Waals surface area contributed by atoms with Gasteiger partial charge in [-0.25, -0.2) is 4.79 Å². The standard InChI is InChI=1S/C24H32N4O7/c1-28-9-7-5-4-6-8-14-13-24(14,22(31)32)27-20(29)16-10-15(11-17(16)21(28)30)35-19-12-18(33-2)25-23(26-19)34-3/h6,8,12,14-17H,4-5,7,9-11,13H2,1-3H3,(H,27,29)(H,31,32)/b8-6-/t14-,15-,16-,17-,24-/m1/s1. The molecular formula is C24H32N4O7. The van der Waals surface area contributed by atoms with E-state index in [0.29, 0.717) is 19.4 Å². The van der Waals surface area contributed by atoms with Crippen molar-refractivity contribution in [2.75, 3.05) is 27.8 Å². The number of methoxy groups -OCH3 is 2. The highest BCUT2D eigenvalue weighted by Gasteiger charge is 2.61. The molecule has 1 aliphatic heterocycles. The van der Waals surface area contributed by atoms with Crippen LogP contribution in [-0.4, -0.2) is 77.2 Å². The molecule has 3 aliphatic rings. The van der Waals surface area contributed by atoms with E-state index >= 15 is 0 Å². The van der Waals surface area contributed by atoms with Crippen LogP contribution < -0.4 is 19.5 Å². The van der Waals surface area contributed by atoms with Crippen LogP contribution in [0.15, 0.2) is 18.2 Å². The Kier molecular flexibility index (Phi) is 7.13. The van der Waals surface area contributed by atoms with Gasteiger partial charge in [-0.1, -0.05) is 12.2 Å². The zero-order valence-electron chi connectivity index (χ0n) is 20.2. The van der Waals surface area contributed by atoms with Gasteiger partial charge in [0.2, 0.25) is 23.6 Å². The van der Waals surface area contributed by atoms with Gasteiger partial charge < -0.3 is 29.5 Å². The first kappa shape index (κ1) is 24.7. The molecule has 0 aromatic carbocycles. The molecule has 0 unspecified atom stereocenters. The van der Waals surface area contributed by atoms with Gasteiger partial charge in [0.1, 0.15) is 11.6 Å². The summed E-state index contributed by atoms with van der Waals surface area (Å²) in [5, 5.41) is 12.6. The van der Waals surface area contributed by atoms with Crippen molar-refractivity contribution < 1.29 is 33.7 Å². The third kappa shape index (κ3) is 5.18. The van der Waals surface area contributed by atoms with Crippen molar-refractivity contribution in [2.24, 2.45) is 17.8 Å². The van der Waals surface area contributed by atoms with E-state index in [9.17, 15) is 19.5 Å². The fraction of sp³-hybridized carbons (Fsp3) is 0.625. The predicted octanol–water partition coefficient (Wildman–Crippen LogP) is 1.43. The molecule has 11 nitrogen and oxygen atoms in total. The first-order valence-electron chi connectivity index (χ1n) is 11.9. The zero-order chi connectivity index (χ0) is 25.2. The maximum absolute atomic E-state index is 13.4. The fourth-order valence-corrected chi connectivity index (χ4v) is 5.00. The summed E-state index contributed by atoms with van der Waals surface area (Å²) >= 11 is 0. The van der Waals surface area contributed by atoms with Gasteiger partial charge in [-0.2, -0.15) is 9.97 Å². The predicted molar refractivity (Wildman–Crippen MR) is 123 cm³/mol. The zero-order valence-corrected chi connectivity index (χ0v) is 20.2. The number of carboxylic acid groups (broad SMARTS) is 1. The lowest BCUT2D eigenvalue weighted by atomic mass is 9.93. The second-order valence-corrected chi connectivity index (χ2v) is 9.42. The second kappa shape index (κ2) is 10.1. The van der Waals surface area contributed by atoms with Crippen molar-refractivity contribution in [3.05, 3.63) is 18.2 Å². The molecule has 2 saturated carbocycles. The topological polar surface area (TPSA) is 140 Å². The van der Waals surface area contributed by atoms with Crippen molar-refractivity contribution in [3.8, 4) is 17.8 Å². The van der Waals surface area contributed by atoms with E-state index in [4.69, 9.17) is 14.2 Å². The van der Waals surface area contributed by atoms with Crippen LogP contribution in [0.5, 0.6) is 17.8 Å². The minimum Gasteiger partial charge on any atom is -0.481 e. The molecule has 0 spiro atoms. The quantitative estimate of drug-likeness (QED) is 0.589. The van der Waals surface area contributed by atoms with E-state index in [0.717, 1.165) is 19.3 Å². The smallest absolute Gasteiger partial charge is 0.330 e. The Labute approximate surface area is 203 Å². The van der Waals surface area contributed by atoms with Crippen LogP contribution in [-0.2, 0) is 14.4 Å². The van der Waals surface area contributed by atoms with Crippen molar-refractivity contribution in [2.45, 2.75) is 50.2 Å². The highest BCUT2D eigenvalue weighted by molar-refractivity contribution is 5.94. The highest BCUT2D eigenvalue weighted by Crippen LogP contribution is 2.46. The summed E-state index contributed by atoms with van der Waals surface area (Å²) in [7, 11) is 4.62. The van der Waals surface area contributed by atoms with Gasteiger partial charge in [0.05, 0.1) is 32.1 Å². The fourth-order valence-electron chi connectivity index (χ4n) is 5.00. The summed E-state index contributed by atoms with van der Waals surface area (Å²) in [6.07, 6.45) is 6.80. The van der Waals surface area contributed by atoms with Crippen LogP contribution in [0, 0.1) is 17.8 Å². The summed E-state index contributed by atoms with van der Waals surface area (Å²) in [4.78, 5) is 48.7. The summed E-state index contributed by atoms with van der Waals surface area (Å²) in [5.41, 5.74) is -1.32. The number of aromatic nitrogens is 2. The number of nitrogens with zero attached hydrogens (tertiary/aromatic N) is 3. The largest absolute Gasteiger partial charge is 0.481 e. The van der Waals surface area contributed by atoms with Crippen LogP contribution in [0.3, 0.4) is 0 Å². The van der Waals surface area contributed by atoms with E-state index in [2.05, 4.69) is 15.3 Å². The molecule has 11 heteroatoms. The van der Waals surface area contributed by atoms with Gasteiger partial charge in [-0.05, 0) is 38.5 Å². The first-order chi connectivity index (χ1) is 16.8. The Morgan fingerprint density at radius 1 is 1.14 bits per heavy atom. The van der Waals surface area contributed by atoms with E-state index in [1.807, 2.05) is 12.2 Å². The summed E-state index contributed by atoms with van der Waals surface area (Å²) < 4.78 is 16.3. The highest BCUT2D eigenvalue weighted by atomic mass is 16.5. The van der Waals surface area contributed by atoms with Gasteiger partial charge in [0.25, 0.3) is 0 Å². The molecule has 0 radical (unpaired) electrons. The maximum atomic E-state index is 13.4. The minimum absolute atomic E-state index is 0.0701. The Morgan fingerprint density at radius 3 is 2.60 bits per heavy atom. The molecule has 2 N–H and O–H groups in total. The van der Waals surface area contributed by atoms with Gasteiger partial charge in [-0.3, -0.25) is 9.59 Å². The first-order valence-corrected chi connectivity index (χ1v) is 11.9. The number of hydrogen-bond acceptors (Lipinski definition) is 8. The lowest BCUT2D eigenvalue weighted by Gasteiger charge is -2.26. The third-order valence-electron chi connectivity index (χ3n) is 7.11. The molecule has 4 rings (SSSR count). The van der Waals surface area contributed by atoms with Gasteiger partial charge in [-0.15, -0.1) is 0 Å². The number of allylic oxidation sites excluding steroid dienone is 1. The van der Waals surface area contributed by atoms with E-state index in [-0.39, 0.29) is 36.0 Å². The lowest BCUT2D eigenvalue weighted by Crippen LogP contribution is -2.49. The third-order valence-corrected chi connectivity index (χ3v) is 7.11. The maximum Gasteiger partial charge on any atom is 0.330 e. The van der Waals surface area contributed by atoms with Crippen molar-refractivity contribution in [1.29, 1.82) is 0 Å². The van der Waals surface area contributed by atoms with Crippen LogP contribution in [0.25, 0.3) is 0 Å². The monoisotopic (exact) mass is 488 g/mol. The number of aliphatic carboxylic acids is 1. The lowest BCUT2D eigenvalue weighted by molar-refractivity contribution is -0.145. The number of carboxylic acids is 1. The van der Waals surface area contributed by atoms with Gasteiger partial charge in [0.15, 0.2) is 0 Å². The number of hydrogen-bond donors (Lipinski definition) is 2. The van der Waals surface area contributed by atoms with Crippen molar-refractivity contribution in [3.63, 3.8) is 0 Å². The van der Waals surface area contributed by atoms with Crippen molar-refractivity contribution in [1.82, 2.24) is 20.2 Å². The van der Waals surface area contributed by atoms with E-state index < -0.39 is 35.4 Å². The van der Waals surface area contributed by atoms with Crippen LogP contribution in [0.2, 0.25) is 0 Å². The average molecular weight is 489 g/mol. The normalized spacial score (nSPS) is 31.9. The van der Waals surface area contributed by atoms with Gasteiger partial charge in [0, 0.05) is 19.5 Å². The average Bonchev–Trinajstić information content (AvgIpc) is 3.38. The Bertz CT molecular complexity index is 993. The number of fused-ring (bicyclic) bond motifs is 2. The Morgan fingerprint density at radius 2 is 1.89 bits per heavy atom. The van der Waals surface area contributed by atoms with Crippen LogP contribution in [0.4, 0.5) is 0 Å². The number of nitrogens with one attached hydrogen (secondary N) is 1. The molecule has 2 amide bonds. The molecule has 2 aliphatic carbocycles. The number of ether oxygens (including phenoxy) is 3. The van der Waals surface area contributed by atoms with E-state index in [1.54, 1.807) is 11.9 Å². The summed E-state index contributed by atoms with van der Waals surface area (Å²) in [6.45, 7) is 0.589. The number of amides is 2. The molecule has 35 heavy (non-hydrogen) atoms. The molecule has 5 atom stereocenters. The molecule has 0 bridgehead atoms. The molecular weight excluding hydrogens is 456 g/mol. The SMILES string of the molecule is COc1cc(O[C@@H]2C[C@H]3C(=O)N[C@]4(C(=O)O)C[C@H]4/C=C\CCCCN(C)C(=O)[C@@H]3C2)nc(OC)n1.